The summed E-state index contributed by atoms with van der Waals surface area (Å²) in [6.07, 6.45) is 4.31. The lowest BCUT2D eigenvalue weighted by atomic mass is 10.3. The Morgan fingerprint density at radius 3 is 2.00 bits per heavy atom. The maximum atomic E-state index is 5.71. The van der Waals surface area contributed by atoms with Crippen LogP contribution in [0.15, 0.2) is 0 Å². The summed E-state index contributed by atoms with van der Waals surface area (Å²) < 4.78 is 5.92. The van der Waals surface area contributed by atoms with Crippen LogP contribution in [0.3, 0.4) is 0 Å². The molecule has 0 saturated carbocycles. The van der Waals surface area contributed by atoms with Crippen molar-refractivity contribution in [3.8, 4) is 0 Å². The zero-order chi connectivity index (χ0) is 9.83. The second-order valence-electron chi connectivity index (χ2n) is 4.04. The van der Waals surface area contributed by atoms with Crippen molar-refractivity contribution in [3.63, 3.8) is 0 Å². The fourth-order valence-electron chi connectivity index (χ4n) is 0.467. The third-order valence-corrected chi connectivity index (χ3v) is 5.76. The molecule has 0 rings (SSSR count). The molecule has 0 aliphatic heterocycles. The summed E-state index contributed by atoms with van der Waals surface area (Å²) in [6, 6.07) is 0. The lowest BCUT2D eigenvalue weighted by molar-refractivity contribution is 0.106. The predicted molar refractivity (Wildman–Crippen MR) is 55.3 cm³/mol. The van der Waals surface area contributed by atoms with E-state index in [1.54, 1.807) is 0 Å². The molecular weight excluding hydrogens is 174 g/mol. The van der Waals surface area contributed by atoms with Crippen LogP contribution >= 0.6 is 10.3 Å². The number of nitrogens with two attached hydrogens (primary N) is 1. The van der Waals surface area contributed by atoms with Gasteiger partial charge in [0.15, 0.2) is 0 Å². The Hall–Kier alpha value is 0.230. The van der Waals surface area contributed by atoms with Crippen molar-refractivity contribution in [1.82, 2.24) is 0 Å². The van der Waals surface area contributed by atoms with Gasteiger partial charge in [-0.2, -0.15) is 0 Å². The molecule has 2 N–H and O–H groups in total. The molecule has 0 aliphatic rings. The molecule has 0 unspecified atom stereocenters. The van der Waals surface area contributed by atoms with Gasteiger partial charge in [-0.25, -0.2) is 5.90 Å². The van der Waals surface area contributed by atoms with Crippen LogP contribution in [-0.2, 0) is 9.02 Å². The fraction of sp³-hybridized carbons (Fsp3) is 1.00. The highest BCUT2D eigenvalue weighted by Gasteiger charge is 2.28. The Labute approximate surface area is 77.1 Å². The molecule has 0 atom stereocenters. The molecule has 0 aliphatic carbocycles. The van der Waals surface area contributed by atoms with Crippen molar-refractivity contribution < 1.29 is 9.02 Å². The maximum absolute atomic E-state index is 5.71. The van der Waals surface area contributed by atoms with E-state index >= 15 is 0 Å². The van der Waals surface area contributed by atoms with E-state index < -0.39 is 10.3 Å². The minimum atomic E-state index is -1.01. The molecule has 0 heterocycles. The second kappa shape index (κ2) is 4.46. The highest BCUT2D eigenvalue weighted by molar-refractivity contribution is 8.29. The highest BCUT2D eigenvalue weighted by atomic mass is 32.3. The van der Waals surface area contributed by atoms with Crippen LogP contribution in [0.2, 0.25) is 0 Å². The maximum Gasteiger partial charge on any atom is 0.0925 e. The Morgan fingerprint density at radius 1 is 1.17 bits per heavy atom. The normalized spacial score (nSPS) is 14.8. The SMILES string of the molecule is CC(C)(C)S(C)(C)OCCON. The molecule has 0 radical (unpaired) electrons. The first-order valence-electron chi connectivity index (χ1n) is 4.00. The van der Waals surface area contributed by atoms with E-state index in [0.717, 1.165) is 0 Å². The van der Waals surface area contributed by atoms with Crippen LogP contribution in [0, 0.1) is 0 Å². The third kappa shape index (κ3) is 3.76. The van der Waals surface area contributed by atoms with Gasteiger partial charge in [0.1, 0.15) is 0 Å². The smallest absolute Gasteiger partial charge is 0.0925 e. The molecule has 0 aromatic carbocycles. The highest BCUT2D eigenvalue weighted by Crippen LogP contribution is 2.53. The third-order valence-electron chi connectivity index (χ3n) is 2.05. The molecule has 76 valence electrons. The number of hydrogen-bond acceptors (Lipinski definition) is 3. The average Bonchev–Trinajstić information content (AvgIpc) is 1.85. The Balaban J connectivity index is 3.88. The minimum absolute atomic E-state index is 0.210. The number of hydrogen-bond donors (Lipinski definition) is 1. The van der Waals surface area contributed by atoms with Crippen molar-refractivity contribution in [2.45, 2.75) is 25.5 Å². The molecule has 3 nitrogen and oxygen atoms in total. The van der Waals surface area contributed by atoms with Gasteiger partial charge in [0.2, 0.25) is 0 Å². The molecular formula is C8H21NO2S. The van der Waals surface area contributed by atoms with E-state index in [2.05, 4.69) is 38.1 Å². The summed E-state index contributed by atoms with van der Waals surface area (Å²) in [5.41, 5.74) is 0. The number of rotatable bonds is 4. The quantitative estimate of drug-likeness (QED) is 0.548. The molecule has 0 aromatic rings. The first-order chi connectivity index (χ1) is 5.31. The summed E-state index contributed by atoms with van der Waals surface area (Å²) in [5.74, 6) is 4.90. The fourth-order valence-corrected chi connectivity index (χ4v) is 1.31. The lowest BCUT2D eigenvalue weighted by Gasteiger charge is -2.43. The monoisotopic (exact) mass is 195 g/mol. The molecule has 0 aromatic heterocycles. The first kappa shape index (κ1) is 12.2. The van der Waals surface area contributed by atoms with E-state index in [0.29, 0.717) is 13.2 Å². The van der Waals surface area contributed by atoms with E-state index in [1.165, 1.54) is 0 Å². The van der Waals surface area contributed by atoms with Crippen LogP contribution in [0.1, 0.15) is 20.8 Å². The van der Waals surface area contributed by atoms with Crippen LogP contribution < -0.4 is 5.90 Å². The van der Waals surface area contributed by atoms with Crippen molar-refractivity contribution in [1.29, 1.82) is 0 Å². The lowest BCUT2D eigenvalue weighted by Crippen LogP contribution is -2.26. The average molecular weight is 195 g/mol. The molecule has 0 spiro atoms. The van der Waals surface area contributed by atoms with E-state index in [-0.39, 0.29) is 4.75 Å². The molecule has 0 saturated heterocycles. The van der Waals surface area contributed by atoms with Crippen LogP contribution in [0.5, 0.6) is 0 Å². The van der Waals surface area contributed by atoms with Crippen LogP contribution in [0.25, 0.3) is 0 Å². The van der Waals surface area contributed by atoms with Gasteiger partial charge in [-0.15, -0.1) is 10.3 Å². The van der Waals surface area contributed by atoms with Crippen molar-refractivity contribution >= 4 is 10.3 Å². The Morgan fingerprint density at radius 2 is 1.67 bits per heavy atom. The zero-order valence-electron chi connectivity index (χ0n) is 8.72. The van der Waals surface area contributed by atoms with Crippen LogP contribution in [0.4, 0.5) is 0 Å². The molecule has 0 amide bonds. The molecule has 12 heavy (non-hydrogen) atoms. The van der Waals surface area contributed by atoms with Gasteiger partial charge >= 0.3 is 0 Å². The summed E-state index contributed by atoms with van der Waals surface area (Å²) in [7, 11) is -1.01. The summed E-state index contributed by atoms with van der Waals surface area (Å²) in [5, 5.41) is 0. The van der Waals surface area contributed by atoms with Crippen LogP contribution in [-0.4, -0.2) is 30.5 Å². The predicted octanol–water partition coefficient (Wildman–Crippen LogP) is 1.67. The topological polar surface area (TPSA) is 44.5 Å². The van der Waals surface area contributed by atoms with E-state index in [1.807, 2.05) is 0 Å². The van der Waals surface area contributed by atoms with Gasteiger partial charge in [-0.05, 0) is 12.5 Å². The van der Waals surface area contributed by atoms with Gasteiger partial charge < -0.3 is 9.02 Å². The standard InChI is InChI=1S/C8H21NO2S/c1-8(2,3)12(4,5)11-7-6-10-9/h6-7,9H2,1-5H3. The minimum Gasteiger partial charge on any atom is -0.334 e. The molecule has 0 fully saturated rings. The van der Waals surface area contributed by atoms with Crippen molar-refractivity contribution in [2.75, 3.05) is 25.7 Å². The van der Waals surface area contributed by atoms with Gasteiger partial charge in [0.25, 0.3) is 0 Å². The first-order valence-corrected chi connectivity index (χ1v) is 6.37. The summed E-state index contributed by atoms with van der Waals surface area (Å²) >= 11 is 0. The Bertz CT molecular complexity index is 132. The van der Waals surface area contributed by atoms with E-state index in [9.17, 15) is 0 Å². The van der Waals surface area contributed by atoms with Gasteiger partial charge in [0.05, 0.1) is 13.2 Å². The van der Waals surface area contributed by atoms with Gasteiger partial charge in [0, 0.05) is 4.75 Å². The summed E-state index contributed by atoms with van der Waals surface area (Å²) in [4.78, 5) is 4.44. The zero-order valence-corrected chi connectivity index (χ0v) is 9.53. The summed E-state index contributed by atoms with van der Waals surface area (Å²) in [6.45, 7) is 7.60. The van der Waals surface area contributed by atoms with E-state index in [4.69, 9.17) is 10.1 Å². The van der Waals surface area contributed by atoms with Gasteiger partial charge in [-0.3, -0.25) is 0 Å². The van der Waals surface area contributed by atoms with Crippen molar-refractivity contribution in [2.24, 2.45) is 5.90 Å². The Kier molecular flexibility index (Phi) is 4.55. The largest absolute Gasteiger partial charge is 0.334 e. The second-order valence-corrected chi connectivity index (χ2v) is 7.97. The van der Waals surface area contributed by atoms with Crippen molar-refractivity contribution in [3.05, 3.63) is 0 Å². The van der Waals surface area contributed by atoms with Gasteiger partial charge in [-0.1, -0.05) is 20.8 Å². The molecule has 0 bridgehead atoms. The molecule has 4 heteroatoms.